The first-order chi connectivity index (χ1) is 13.5. The number of furan rings is 1. The molecule has 0 radical (unpaired) electrons. The Kier molecular flexibility index (Phi) is 5.74. The van der Waals surface area contributed by atoms with Gasteiger partial charge in [-0.15, -0.1) is 0 Å². The molecule has 144 valence electrons. The van der Waals surface area contributed by atoms with Crippen molar-refractivity contribution in [1.82, 2.24) is 4.57 Å². The topological polar surface area (TPSA) is 90.5 Å². The smallest absolute Gasteiger partial charge is 0.343 e. The van der Waals surface area contributed by atoms with Crippen molar-refractivity contribution in [1.29, 1.82) is 0 Å². The molecule has 0 aliphatic carbocycles. The first-order valence-corrected chi connectivity index (χ1v) is 8.90. The number of esters is 1. The second kappa shape index (κ2) is 8.39. The largest absolute Gasteiger partial charge is 0.465 e. The number of nitrogens with zero attached hydrogens (tertiary/aromatic N) is 1. The summed E-state index contributed by atoms with van der Waals surface area (Å²) in [5, 5.41) is 3.04. The third kappa shape index (κ3) is 4.03. The van der Waals surface area contributed by atoms with Crippen LogP contribution in [0.2, 0.25) is 0 Å². The van der Waals surface area contributed by atoms with E-state index in [-0.39, 0.29) is 18.1 Å². The molecule has 0 fully saturated rings. The Morgan fingerprint density at radius 3 is 2.75 bits per heavy atom. The molecule has 2 heterocycles. The van der Waals surface area contributed by atoms with Crippen LogP contribution in [0.5, 0.6) is 0 Å². The first kappa shape index (κ1) is 19.2. The molecular formula is C21H20N2O5. The van der Waals surface area contributed by atoms with Crippen LogP contribution >= 0.6 is 0 Å². The lowest BCUT2D eigenvalue weighted by atomic mass is 10.1. The van der Waals surface area contributed by atoms with Crippen molar-refractivity contribution < 1.29 is 18.7 Å². The van der Waals surface area contributed by atoms with E-state index < -0.39 is 11.4 Å². The Hall–Kier alpha value is -3.61. The van der Waals surface area contributed by atoms with Crippen molar-refractivity contribution >= 4 is 34.5 Å². The van der Waals surface area contributed by atoms with Crippen molar-refractivity contribution in [2.24, 2.45) is 0 Å². The molecule has 1 aromatic carbocycles. The van der Waals surface area contributed by atoms with E-state index in [1.54, 1.807) is 47.9 Å². The van der Waals surface area contributed by atoms with Gasteiger partial charge in [-0.2, -0.15) is 0 Å². The number of carbonyl (C=O) groups excluding carboxylic acids is 2. The van der Waals surface area contributed by atoms with E-state index in [0.717, 1.165) is 0 Å². The van der Waals surface area contributed by atoms with Gasteiger partial charge in [0.25, 0.3) is 0 Å². The molecule has 0 bridgehead atoms. The number of rotatable bonds is 6. The van der Waals surface area contributed by atoms with Crippen molar-refractivity contribution in [3.63, 3.8) is 0 Å². The minimum Gasteiger partial charge on any atom is -0.465 e. The standard InChI is InChI=1S/C21H20N2O5/c1-3-23-13-17(21(26)27-4-2)20(25)16-12-14(7-9-18(16)23)22-19(24)10-8-15-6-5-11-28-15/h5-13H,3-4H2,1-2H3,(H,22,24)/b10-8+. The number of hydrogen-bond donors (Lipinski definition) is 1. The van der Waals surface area contributed by atoms with Crippen LogP contribution in [-0.2, 0) is 16.1 Å². The summed E-state index contributed by atoms with van der Waals surface area (Å²) < 4.78 is 11.9. The zero-order chi connectivity index (χ0) is 20.1. The summed E-state index contributed by atoms with van der Waals surface area (Å²) in [6.07, 6.45) is 5.90. The molecular weight excluding hydrogens is 360 g/mol. The summed E-state index contributed by atoms with van der Waals surface area (Å²) in [5.74, 6) is -0.473. The number of aromatic nitrogens is 1. The average Bonchev–Trinajstić information content (AvgIpc) is 3.21. The average molecular weight is 380 g/mol. The van der Waals surface area contributed by atoms with E-state index in [2.05, 4.69) is 5.32 Å². The molecule has 0 aliphatic heterocycles. The van der Waals surface area contributed by atoms with E-state index in [1.165, 1.54) is 18.5 Å². The lowest BCUT2D eigenvalue weighted by Gasteiger charge is -2.12. The fourth-order valence-electron chi connectivity index (χ4n) is 2.82. The molecule has 0 spiro atoms. The fourth-order valence-corrected chi connectivity index (χ4v) is 2.82. The van der Waals surface area contributed by atoms with E-state index in [0.29, 0.717) is 28.9 Å². The zero-order valence-electron chi connectivity index (χ0n) is 15.6. The van der Waals surface area contributed by atoms with Gasteiger partial charge in [0.15, 0.2) is 0 Å². The molecule has 0 saturated carbocycles. The number of ether oxygens (including phenoxy) is 1. The maximum atomic E-state index is 12.8. The van der Waals surface area contributed by atoms with E-state index >= 15 is 0 Å². The molecule has 7 nitrogen and oxygen atoms in total. The van der Waals surface area contributed by atoms with Gasteiger partial charge in [0.1, 0.15) is 11.3 Å². The molecule has 0 atom stereocenters. The number of fused-ring (bicyclic) bond motifs is 1. The molecule has 0 aliphatic rings. The molecule has 0 saturated heterocycles. The van der Waals surface area contributed by atoms with E-state index in [1.807, 2.05) is 6.92 Å². The molecule has 1 N–H and O–H groups in total. The van der Waals surface area contributed by atoms with Gasteiger partial charge >= 0.3 is 5.97 Å². The van der Waals surface area contributed by atoms with Crippen LogP contribution in [0.25, 0.3) is 17.0 Å². The third-order valence-electron chi connectivity index (χ3n) is 4.13. The molecule has 3 rings (SSSR count). The summed E-state index contributed by atoms with van der Waals surface area (Å²) >= 11 is 0. The molecule has 28 heavy (non-hydrogen) atoms. The van der Waals surface area contributed by atoms with Crippen LogP contribution in [0.15, 0.2) is 58.1 Å². The number of amides is 1. The van der Waals surface area contributed by atoms with Gasteiger partial charge in [-0.1, -0.05) is 0 Å². The molecule has 3 aromatic rings. The fraction of sp³-hybridized carbons (Fsp3) is 0.190. The van der Waals surface area contributed by atoms with Crippen LogP contribution < -0.4 is 10.7 Å². The minimum atomic E-state index is -0.660. The molecule has 2 aromatic heterocycles. The van der Waals surface area contributed by atoms with E-state index in [4.69, 9.17) is 9.15 Å². The van der Waals surface area contributed by atoms with Crippen molar-refractivity contribution in [2.45, 2.75) is 20.4 Å². The monoisotopic (exact) mass is 380 g/mol. The van der Waals surface area contributed by atoms with Crippen LogP contribution in [0, 0.1) is 0 Å². The van der Waals surface area contributed by atoms with Crippen LogP contribution in [0.3, 0.4) is 0 Å². The Morgan fingerprint density at radius 2 is 2.07 bits per heavy atom. The number of nitrogens with one attached hydrogen (secondary N) is 1. The van der Waals surface area contributed by atoms with Gasteiger partial charge in [-0.25, -0.2) is 4.79 Å². The highest BCUT2D eigenvalue weighted by molar-refractivity contribution is 6.03. The maximum absolute atomic E-state index is 12.8. The van der Waals surface area contributed by atoms with Gasteiger partial charge in [0, 0.05) is 29.9 Å². The lowest BCUT2D eigenvalue weighted by Crippen LogP contribution is -2.21. The summed E-state index contributed by atoms with van der Waals surface area (Å²) in [7, 11) is 0. The van der Waals surface area contributed by atoms with Crippen molar-refractivity contribution in [3.05, 3.63) is 70.4 Å². The second-order valence-corrected chi connectivity index (χ2v) is 5.95. The minimum absolute atomic E-state index is 0.0302. The number of pyridine rings is 1. The van der Waals surface area contributed by atoms with E-state index in [9.17, 15) is 14.4 Å². The summed E-state index contributed by atoms with van der Waals surface area (Å²) in [4.78, 5) is 37.0. The normalized spacial score (nSPS) is 11.1. The third-order valence-corrected chi connectivity index (χ3v) is 4.13. The predicted octanol–water partition coefficient (Wildman–Crippen LogP) is 3.44. The lowest BCUT2D eigenvalue weighted by molar-refractivity contribution is -0.111. The van der Waals surface area contributed by atoms with Gasteiger partial charge in [-0.3, -0.25) is 9.59 Å². The Labute approximate surface area is 161 Å². The number of hydrogen-bond acceptors (Lipinski definition) is 5. The first-order valence-electron chi connectivity index (χ1n) is 8.90. The summed E-state index contributed by atoms with van der Waals surface area (Å²) in [5.41, 5.74) is 0.657. The van der Waals surface area contributed by atoms with Crippen molar-refractivity contribution in [2.75, 3.05) is 11.9 Å². The van der Waals surface area contributed by atoms with Gasteiger partial charge < -0.3 is 19.0 Å². The van der Waals surface area contributed by atoms with Crippen LogP contribution in [-0.4, -0.2) is 23.1 Å². The molecule has 7 heteroatoms. The number of anilines is 1. The number of aryl methyl sites for hydroxylation is 1. The SMILES string of the molecule is CCOC(=O)c1cn(CC)c2ccc(NC(=O)/C=C/c3ccco3)cc2c1=O. The quantitative estimate of drug-likeness (QED) is 0.522. The van der Waals surface area contributed by atoms with Gasteiger partial charge in [0.05, 0.1) is 18.4 Å². The Balaban J connectivity index is 1.95. The maximum Gasteiger partial charge on any atom is 0.343 e. The van der Waals surface area contributed by atoms with Gasteiger partial charge in [-0.05, 0) is 50.3 Å². The van der Waals surface area contributed by atoms with Crippen molar-refractivity contribution in [3.8, 4) is 0 Å². The highest BCUT2D eigenvalue weighted by Crippen LogP contribution is 2.18. The summed E-state index contributed by atoms with van der Waals surface area (Å²) in [6.45, 7) is 4.34. The van der Waals surface area contributed by atoms with Crippen LogP contribution in [0.4, 0.5) is 5.69 Å². The second-order valence-electron chi connectivity index (χ2n) is 5.95. The Morgan fingerprint density at radius 1 is 1.25 bits per heavy atom. The number of benzene rings is 1. The van der Waals surface area contributed by atoms with Crippen LogP contribution in [0.1, 0.15) is 30.0 Å². The van der Waals surface area contributed by atoms with Gasteiger partial charge in [0.2, 0.25) is 11.3 Å². The summed E-state index contributed by atoms with van der Waals surface area (Å²) in [6, 6.07) is 8.45. The number of carbonyl (C=O) groups is 2. The predicted molar refractivity (Wildman–Crippen MR) is 106 cm³/mol. The molecule has 0 unspecified atom stereocenters. The molecule has 1 amide bonds. The highest BCUT2D eigenvalue weighted by Gasteiger charge is 2.16. The zero-order valence-corrected chi connectivity index (χ0v) is 15.6. The Bertz CT molecular complexity index is 1090. The highest BCUT2D eigenvalue weighted by atomic mass is 16.5.